The van der Waals surface area contributed by atoms with Crippen LogP contribution in [0.5, 0.6) is 0 Å². The van der Waals surface area contributed by atoms with Gasteiger partial charge >= 0.3 is 5.97 Å². The second-order valence-electron chi connectivity index (χ2n) is 4.69. The number of ether oxygens (including phenoxy) is 1. The van der Waals surface area contributed by atoms with Gasteiger partial charge in [0.2, 0.25) is 5.76 Å². The van der Waals surface area contributed by atoms with Crippen LogP contribution in [-0.2, 0) is 16.9 Å². The van der Waals surface area contributed by atoms with Gasteiger partial charge in [-0.2, -0.15) is 0 Å². The summed E-state index contributed by atoms with van der Waals surface area (Å²) in [6.07, 6.45) is 2.85. The molecule has 0 aliphatic heterocycles. The molecule has 0 amide bonds. The number of aromatic amines is 1. The number of rotatable bonds is 7. The zero-order chi connectivity index (χ0) is 15.9. The van der Waals surface area contributed by atoms with E-state index in [1.54, 1.807) is 12.1 Å². The minimum absolute atomic E-state index is 0.154. The number of methoxy groups -OCH3 is 1. The van der Waals surface area contributed by atoms with Crippen molar-refractivity contribution in [1.82, 2.24) is 9.97 Å². The van der Waals surface area contributed by atoms with Crippen LogP contribution in [0.25, 0.3) is 0 Å². The molecule has 0 unspecified atom stereocenters. The van der Waals surface area contributed by atoms with Crippen molar-refractivity contribution >= 4 is 17.7 Å². The van der Waals surface area contributed by atoms with E-state index in [2.05, 4.69) is 21.6 Å². The highest BCUT2D eigenvalue weighted by Gasteiger charge is 2.11. The van der Waals surface area contributed by atoms with Crippen molar-refractivity contribution in [2.75, 3.05) is 7.11 Å². The molecule has 0 saturated heterocycles. The molecule has 2 rings (SSSR count). The van der Waals surface area contributed by atoms with E-state index in [4.69, 9.17) is 4.42 Å². The molecule has 6 nitrogen and oxygen atoms in total. The van der Waals surface area contributed by atoms with Crippen LogP contribution in [0.4, 0.5) is 0 Å². The third-order valence-corrected chi connectivity index (χ3v) is 3.85. The largest absolute Gasteiger partial charge is 0.463 e. The van der Waals surface area contributed by atoms with Crippen LogP contribution < -0.4 is 5.56 Å². The first-order valence-electron chi connectivity index (χ1n) is 7.02. The van der Waals surface area contributed by atoms with E-state index in [1.165, 1.54) is 24.9 Å². The van der Waals surface area contributed by atoms with E-state index in [1.807, 2.05) is 0 Å². The minimum atomic E-state index is -0.510. The lowest BCUT2D eigenvalue weighted by Crippen LogP contribution is -2.10. The normalized spacial score (nSPS) is 10.6. The quantitative estimate of drug-likeness (QED) is 0.479. The molecule has 7 heteroatoms. The fourth-order valence-corrected chi connectivity index (χ4v) is 2.63. The summed E-state index contributed by atoms with van der Waals surface area (Å²) in [5.41, 5.74) is 0.640. The molecular weight excluding hydrogens is 304 g/mol. The van der Waals surface area contributed by atoms with Crippen LogP contribution in [0.1, 0.15) is 41.8 Å². The zero-order valence-electron chi connectivity index (χ0n) is 12.5. The van der Waals surface area contributed by atoms with Crippen LogP contribution in [0.2, 0.25) is 0 Å². The molecule has 0 aliphatic carbocycles. The Hall–Kier alpha value is -2.02. The highest BCUT2D eigenvalue weighted by molar-refractivity contribution is 7.98. The number of H-pyrrole nitrogens is 1. The summed E-state index contributed by atoms with van der Waals surface area (Å²) in [6, 6.07) is 4.80. The maximum Gasteiger partial charge on any atom is 0.373 e. The first kappa shape index (κ1) is 16.4. The number of nitrogens with zero attached hydrogens (tertiary/aromatic N) is 1. The Morgan fingerprint density at radius 1 is 1.45 bits per heavy atom. The van der Waals surface area contributed by atoms with Crippen LogP contribution >= 0.6 is 11.8 Å². The lowest BCUT2D eigenvalue weighted by molar-refractivity contribution is 0.0563. The molecule has 2 heterocycles. The second-order valence-corrected chi connectivity index (χ2v) is 5.66. The number of carbonyl (C=O) groups is 1. The van der Waals surface area contributed by atoms with E-state index < -0.39 is 5.97 Å². The van der Waals surface area contributed by atoms with E-state index in [0.29, 0.717) is 16.7 Å². The maximum atomic E-state index is 11.6. The molecule has 0 aliphatic rings. The van der Waals surface area contributed by atoms with Crippen molar-refractivity contribution in [2.24, 2.45) is 0 Å². The van der Waals surface area contributed by atoms with E-state index in [9.17, 15) is 9.59 Å². The van der Waals surface area contributed by atoms with Crippen molar-refractivity contribution in [2.45, 2.75) is 37.1 Å². The maximum absolute atomic E-state index is 11.6. The van der Waals surface area contributed by atoms with Gasteiger partial charge < -0.3 is 14.1 Å². The number of unbranched alkanes of at least 4 members (excludes halogenated alkanes) is 1. The van der Waals surface area contributed by atoms with Crippen molar-refractivity contribution in [3.05, 3.63) is 45.8 Å². The highest BCUT2D eigenvalue weighted by Crippen LogP contribution is 2.20. The first-order valence-corrected chi connectivity index (χ1v) is 8.01. The van der Waals surface area contributed by atoms with Gasteiger partial charge in [-0.05, 0) is 25.0 Å². The SMILES string of the molecule is CCCCc1cc(=O)[nH]c(SCc2ccc(C(=O)OC)o2)n1. The molecule has 0 aromatic carbocycles. The number of esters is 1. The molecule has 22 heavy (non-hydrogen) atoms. The van der Waals surface area contributed by atoms with Crippen LogP contribution in [0, 0.1) is 0 Å². The fraction of sp³-hybridized carbons (Fsp3) is 0.400. The summed E-state index contributed by atoms with van der Waals surface area (Å²) < 4.78 is 9.95. The number of thioether (sulfide) groups is 1. The Kier molecular flexibility index (Phi) is 5.83. The first-order chi connectivity index (χ1) is 10.6. The van der Waals surface area contributed by atoms with Crippen molar-refractivity contribution in [3.8, 4) is 0 Å². The summed E-state index contributed by atoms with van der Waals surface area (Å²) in [6.45, 7) is 2.10. The summed E-state index contributed by atoms with van der Waals surface area (Å²) >= 11 is 1.36. The zero-order valence-corrected chi connectivity index (χ0v) is 13.4. The molecule has 0 spiro atoms. The molecular formula is C15H18N2O4S. The van der Waals surface area contributed by atoms with Gasteiger partial charge in [-0.15, -0.1) is 0 Å². The predicted molar refractivity (Wildman–Crippen MR) is 83.1 cm³/mol. The van der Waals surface area contributed by atoms with Gasteiger partial charge in [0.25, 0.3) is 5.56 Å². The number of nitrogens with one attached hydrogen (secondary N) is 1. The van der Waals surface area contributed by atoms with Crippen molar-refractivity contribution < 1.29 is 13.9 Å². The molecule has 0 fully saturated rings. The molecule has 0 saturated carbocycles. The number of hydrogen-bond acceptors (Lipinski definition) is 6. The van der Waals surface area contributed by atoms with E-state index >= 15 is 0 Å². The van der Waals surface area contributed by atoms with Gasteiger partial charge in [-0.1, -0.05) is 25.1 Å². The fourth-order valence-electron chi connectivity index (χ4n) is 1.84. The minimum Gasteiger partial charge on any atom is -0.463 e. The van der Waals surface area contributed by atoms with Crippen LogP contribution in [0.15, 0.2) is 32.6 Å². The number of aryl methyl sites for hydroxylation is 1. The third-order valence-electron chi connectivity index (χ3n) is 2.96. The Balaban J connectivity index is 2.01. The monoisotopic (exact) mass is 322 g/mol. The summed E-state index contributed by atoms with van der Waals surface area (Å²) in [5, 5.41) is 0.551. The van der Waals surface area contributed by atoms with Gasteiger partial charge in [-0.3, -0.25) is 4.79 Å². The Morgan fingerprint density at radius 2 is 2.27 bits per heavy atom. The average Bonchev–Trinajstić information content (AvgIpc) is 2.98. The Labute approximate surface area is 132 Å². The Bertz CT molecular complexity index is 693. The lowest BCUT2D eigenvalue weighted by Gasteiger charge is -2.02. The third kappa shape index (κ3) is 4.49. The summed E-state index contributed by atoms with van der Waals surface area (Å²) in [5.74, 6) is 0.740. The van der Waals surface area contributed by atoms with E-state index in [-0.39, 0.29) is 11.3 Å². The van der Waals surface area contributed by atoms with Gasteiger partial charge in [0.1, 0.15) is 5.76 Å². The topological polar surface area (TPSA) is 85.2 Å². The molecule has 0 bridgehead atoms. The molecule has 118 valence electrons. The molecule has 2 aromatic heterocycles. The van der Waals surface area contributed by atoms with Crippen molar-refractivity contribution in [1.29, 1.82) is 0 Å². The highest BCUT2D eigenvalue weighted by atomic mass is 32.2. The standard InChI is InChI=1S/C15H18N2O4S/c1-3-4-5-10-8-13(18)17-15(16-10)22-9-11-6-7-12(21-11)14(19)20-2/h6-8H,3-5,9H2,1-2H3,(H,16,17,18). The van der Waals surface area contributed by atoms with Crippen LogP contribution in [0.3, 0.4) is 0 Å². The smallest absolute Gasteiger partial charge is 0.373 e. The molecule has 0 radical (unpaired) electrons. The molecule has 1 N–H and O–H groups in total. The van der Waals surface area contributed by atoms with Gasteiger partial charge in [-0.25, -0.2) is 9.78 Å². The lowest BCUT2D eigenvalue weighted by atomic mass is 10.2. The Morgan fingerprint density at radius 3 is 3.00 bits per heavy atom. The van der Waals surface area contributed by atoms with Crippen LogP contribution in [-0.4, -0.2) is 23.0 Å². The second kappa shape index (κ2) is 7.84. The number of hydrogen-bond donors (Lipinski definition) is 1. The number of carbonyl (C=O) groups excluding carboxylic acids is 1. The number of aromatic nitrogens is 2. The van der Waals surface area contributed by atoms with Gasteiger partial charge in [0.05, 0.1) is 12.9 Å². The number of furan rings is 1. The van der Waals surface area contributed by atoms with Gasteiger partial charge in [0, 0.05) is 11.8 Å². The predicted octanol–water partition coefficient (Wildman–Crippen LogP) is 2.78. The summed E-state index contributed by atoms with van der Waals surface area (Å²) in [4.78, 5) is 30.0. The van der Waals surface area contributed by atoms with Crippen molar-refractivity contribution in [3.63, 3.8) is 0 Å². The molecule has 2 aromatic rings. The average molecular weight is 322 g/mol. The summed E-state index contributed by atoms with van der Waals surface area (Å²) in [7, 11) is 1.30. The van der Waals surface area contributed by atoms with E-state index in [0.717, 1.165) is 25.0 Å². The molecule has 0 atom stereocenters. The van der Waals surface area contributed by atoms with Gasteiger partial charge in [0.15, 0.2) is 5.16 Å².